The van der Waals surface area contributed by atoms with Crippen LogP contribution in [-0.4, -0.2) is 25.5 Å². The number of hydrogen-bond acceptors (Lipinski definition) is 4. The highest BCUT2D eigenvalue weighted by molar-refractivity contribution is 6.42. The van der Waals surface area contributed by atoms with Gasteiger partial charge in [-0.25, -0.2) is 9.97 Å². The first-order valence-corrected chi connectivity index (χ1v) is 8.95. The summed E-state index contributed by atoms with van der Waals surface area (Å²) >= 11 is 12.3. The number of aromatic nitrogens is 3. The molecule has 0 saturated heterocycles. The Bertz CT molecular complexity index is 903. The van der Waals surface area contributed by atoms with Crippen LogP contribution in [0.5, 0.6) is 0 Å². The Balaban J connectivity index is 1.91. The molecule has 4 rings (SSSR count). The Labute approximate surface area is 149 Å². The minimum atomic E-state index is -0.108. The second kappa shape index (κ2) is 6.39. The molecule has 0 bridgehead atoms. The fourth-order valence-corrected chi connectivity index (χ4v) is 3.75. The van der Waals surface area contributed by atoms with Gasteiger partial charge in [0, 0.05) is 6.04 Å². The van der Waals surface area contributed by atoms with Crippen molar-refractivity contribution in [1.82, 2.24) is 14.4 Å². The summed E-state index contributed by atoms with van der Waals surface area (Å²) in [6.07, 6.45) is 7.72. The number of nitrogens with zero attached hydrogens (tertiary/aromatic N) is 3. The first-order chi connectivity index (χ1) is 11.7. The molecule has 1 aromatic carbocycles. The van der Waals surface area contributed by atoms with Crippen molar-refractivity contribution < 1.29 is 5.11 Å². The van der Waals surface area contributed by atoms with Crippen molar-refractivity contribution >= 4 is 45.7 Å². The molecule has 126 valence electrons. The van der Waals surface area contributed by atoms with E-state index in [1.54, 1.807) is 18.3 Å². The van der Waals surface area contributed by atoms with Gasteiger partial charge in [0.1, 0.15) is 0 Å². The lowest BCUT2D eigenvalue weighted by Gasteiger charge is -2.23. The van der Waals surface area contributed by atoms with Crippen molar-refractivity contribution in [3.63, 3.8) is 0 Å². The number of fused-ring (bicyclic) bond motifs is 3. The van der Waals surface area contributed by atoms with Crippen LogP contribution in [0.4, 0.5) is 5.82 Å². The molecule has 0 amide bonds. The van der Waals surface area contributed by atoms with Crippen LogP contribution in [0.15, 0.2) is 18.3 Å². The van der Waals surface area contributed by atoms with Crippen LogP contribution >= 0.6 is 23.2 Å². The van der Waals surface area contributed by atoms with Gasteiger partial charge in [-0.2, -0.15) is 0 Å². The number of rotatable bonds is 3. The van der Waals surface area contributed by atoms with E-state index in [4.69, 9.17) is 28.2 Å². The summed E-state index contributed by atoms with van der Waals surface area (Å²) in [6.45, 7) is -0.108. The predicted molar refractivity (Wildman–Crippen MR) is 96.9 cm³/mol. The summed E-state index contributed by atoms with van der Waals surface area (Å²) < 4.78 is 1.90. The molecular weight excluding hydrogens is 347 g/mol. The SMILES string of the molecule is OCc1cnc2c(NC3CCCCC3)nc3cc(Cl)c(Cl)cc3n12. The standard InChI is InChI=1S/C17H18Cl2N4O/c18-12-6-14-15(7-13(12)19)23-11(9-24)8-20-17(23)16(22-14)21-10-4-2-1-3-5-10/h6-8,10,24H,1-5,9H2,(H,21,22). The molecule has 0 aliphatic heterocycles. The number of imidazole rings is 1. The maximum Gasteiger partial charge on any atom is 0.180 e. The van der Waals surface area contributed by atoms with Crippen LogP contribution in [0.25, 0.3) is 16.7 Å². The smallest absolute Gasteiger partial charge is 0.180 e. The van der Waals surface area contributed by atoms with Gasteiger partial charge >= 0.3 is 0 Å². The molecule has 0 spiro atoms. The molecule has 24 heavy (non-hydrogen) atoms. The highest BCUT2D eigenvalue weighted by Gasteiger charge is 2.19. The van der Waals surface area contributed by atoms with Crippen LogP contribution in [0, 0.1) is 0 Å². The largest absolute Gasteiger partial charge is 0.390 e. The van der Waals surface area contributed by atoms with E-state index in [0.29, 0.717) is 27.4 Å². The number of aliphatic hydroxyl groups excluding tert-OH is 1. The van der Waals surface area contributed by atoms with Crippen LogP contribution in [0.2, 0.25) is 10.0 Å². The van der Waals surface area contributed by atoms with Crippen LogP contribution in [0.1, 0.15) is 37.8 Å². The Morgan fingerprint density at radius 2 is 1.92 bits per heavy atom. The summed E-state index contributed by atoms with van der Waals surface area (Å²) in [5.41, 5.74) is 2.91. The van der Waals surface area contributed by atoms with E-state index in [-0.39, 0.29) is 6.61 Å². The maximum absolute atomic E-state index is 9.66. The first-order valence-electron chi connectivity index (χ1n) is 8.20. The average molecular weight is 365 g/mol. The zero-order chi connectivity index (χ0) is 16.7. The topological polar surface area (TPSA) is 62.5 Å². The van der Waals surface area contributed by atoms with E-state index in [0.717, 1.165) is 29.7 Å². The van der Waals surface area contributed by atoms with Crippen molar-refractivity contribution in [2.45, 2.75) is 44.8 Å². The first kappa shape index (κ1) is 15.9. The average Bonchev–Trinajstić information content (AvgIpc) is 3.02. The van der Waals surface area contributed by atoms with Crippen molar-refractivity contribution in [2.75, 3.05) is 5.32 Å². The summed E-state index contributed by atoms with van der Waals surface area (Å²) in [7, 11) is 0. The van der Waals surface area contributed by atoms with Gasteiger partial charge in [0.15, 0.2) is 11.5 Å². The molecule has 2 heterocycles. The van der Waals surface area contributed by atoms with Crippen molar-refractivity contribution in [3.8, 4) is 0 Å². The maximum atomic E-state index is 9.66. The molecule has 3 aromatic rings. The highest BCUT2D eigenvalue weighted by atomic mass is 35.5. The number of halogens is 2. The fraction of sp³-hybridized carbons (Fsp3) is 0.412. The molecule has 2 aromatic heterocycles. The van der Waals surface area contributed by atoms with Gasteiger partial charge < -0.3 is 10.4 Å². The molecule has 7 heteroatoms. The summed E-state index contributed by atoms with van der Waals surface area (Å²) in [6, 6.07) is 3.93. The number of benzene rings is 1. The zero-order valence-corrected chi connectivity index (χ0v) is 14.6. The second-order valence-electron chi connectivity index (χ2n) is 6.26. The fourth-order valence-electron chi connectivity index (χ4n) is 3.44. The molecule has 0 unspecified atom stereocenters. The number of nitrogens with one attached hydrogen (secondary N) is 1. The van der Waals surface area contributed by atoms with Gasteiger partial charge in [0.25, 0.3) is 0 Å². The van der Waals surface area contributed by atoms with E-state index in [1.807, 2.05) is 4.40 Å². The van der Waals surface area contributed by atoms with Gasteiger partial charge in [-0.15, -0.1) is 0 Å². The minimum absolute atomic E-state index is 0.108. The van der Waals surface area contributed by atoms with Gasteiger partial charge in [0.05, 0.1) is 39.6 Å². The molecule has 5 nitrogen and oxygen atoms in total. The lowest BCUT2D eigenvalue weighted by atomic mass is 9.95. The highest BCUT2D eigenvalue weighted by Crippen LogP contribution is 2.31. The number of anilines is 1. The quantitative estimate of drug-likeness (QED) is 0.721. The van der Waals surface area contributed by atoms with Gasteiger partial charge in [0.2, 0.25) is 0 Å². The van der Waals surface area contributed by atoms with E-state index in [1.165, 1.54) is 19.3 Å². The van der Waals surface area contributed by atoms with Crippen LogP contribution < -0.4 is 5.32 Å². The van der Waals surface area contributed by atoms with E-state index in [9.17, 15) is 5.11 Å². The van der Waals surface area contributed by atoms with Gasteiger partial charge in [-0.1, -0.05) is 42.5 Å². The van der Waals surface area contributed by atoms with Gasteiger partial charge in [-0.05, 0) is 25.0 Å². The molecule has 2 N–H and O–H groups in total. The molecule has 1 aliphatic rings. The monoisotopic (exact) mass is 364 g/mol. The second-order valence-corrected chi connectivity index (χ2v) is 7.08. The van der Waals surface area contributed by atoms with E-state index < -0.39 is 0 Å². The van der Waals surface area contributed by atoms with Crippen molar-refractivity contribution in [3.05, 3.63) is 34.1 Å². The van der Waals surface area contributed by atoms with Crippen molar-refractivity contribution in [1.29, 1.82) is 0 Å². The molecular formula is C17H18Cl2N4O. The Morgan fingerprint density at radius 1 is 1.17 bits per heavy atom. The minimum Gasteiger partial charge on any atom is -0.390 e. The predicted octanol–water partition coefficient (Wildman–Crippen LogP) is 4.43. The third-order valence-corrected chi connectivity index (χ3v) is 5.37. The summed E-state index contributed by atoms with van der Waals surface area (Å²) in [5.74, 6) is 0.729. The Morgan fingerprint density at radius 3 is 2.67 bits per heavy atom. The molecule has 1 fully saturated rings. The number of hydrogen-bond donors (Lipinski definition) is 2. The normalized spacial score (nSPS) is 16.1. The molecule has 1 saturated carbocycles. The third kappa shape index (κ3) is 2.70. The Kier molecular flexibility index (Phi) is 4.24. The van der Waals surface area contributed by atoms with Crippen LogP contribution in [-0.2, 0) is 6.61 Å². The lowest BCUT2D eigenvalue weighted by molar-refractivity contribution is 0.276. The molecule has 0 radical (unpaired) electrons. The molecule has 1 aliphatic carbocycles. The van der Waals surface area contributed by atoms with Crippen molar-refractivity contribution in [2.24, 2.45) is 0 Å². The van der Waals surface area contributed by atoms with Gasteiger partial charge in [-0.3, -0.25) is 4.40 Å². The van der Waals surface area contributed by atoms with E-state index in [2.05, 4.69) is 10.3 Å². The third-order valence-electron chi connectivity index (χ3n) is 4.65. The molecule has 0 atom stereocenters. The summed E-state index contributed by atoms with van der Waals surface area (Å²) in [5, 5.41) is 14.1. The Hall–Kier alpha value is -1.56. The number of aliphatic hydroxyl groups is 1. The lowest BCUT2D eigenvalue weighted by Crippen LogP contribution is -2.23. The zero-order valence-electron chi connectivity index (χ0n) is 13.1. The summed E-state index contributed by atoms with van der Waals surface area (Å²) in [4.78, 5) is 9.19. The van der Waals surface area contributed by atoms with E-state index >= 15 is 0 Å². The van der Waals surface area contributed by atoms with Crippen LogP contribution in [0.3, 0.4) is 0 Å².